The molecule has 2 aromatic carbocycles. The maximum Gasteiger partial charge on any atom is 0.519 e. The van der Waals surface area contributed by atoms with E-state index in [9.17, 15) is 19.7 Å². The van der Waals surface area contributed by atoms with Gasteiger partial charge in [-0.25, -0.2) is 4.79 Å². The summed E-state index contributed by atoms with van der Waals surface area (Å²) >= 11 is 0. The normalized spacial score (nSPS) is 10.8. The van der Waals surface area contributed by atoms with E-state index < -0.39 is 11.1 Å². The van der Waals surface area contributed by atoms with Crippen LogP contribution in [-0.2, 0) is 11.3 Å². The Morgan fingerprint density at radius 1 is 1.06 bits per heavy atom. The number of nitrogens with one attached hydrogen (secondary N) is 1. The number of rotatable bonds is 12. The number of methoxy groups -OCH3 is 1. The number of nitro groups is 1. The number of carbonyl (C=O) groups excluding carboxylic acids is 2. The van der Waals surface area contributed by atoms with E-state index in [2.05, 4.69) is 31.3 Å². The van der Waals surface area contributed by atoms with E-state index in [-0.39, 0.29) is 23.1 Å². The number of hydrogen-bond acceptors (Lipinski definition) is 7. The fourth-order valence-corrected chi connectivity index (χ4v) is 2.95. The van der Waals surface area contributed by atoms with Crippen LogP contribution in [0.5, 0.6) is 17.2 Å². The van der Waals surface area contributed by atoms with Gasteiger partial charge in [-0.1, -0.05) is 32.1 Å². The van der Waals surface area contributed by atoms with E-state index in [0.717, 1.165) is 24.8 Å². The first kappa shape index (κ1) is 26.4. The van der Waals surface area contributed by atoms with Gasteiger partial charge in [-0.3, -0.25) is 14.9 Å². The number of unbranched alkanes of at least 4 members (excludes halogenated alkanes) is 2. The molecule has 182 valence electrons. The van der Waals surface area contributed by atoms with Crippen LogP contribution < -0.4 is 19.5 Å². The van der Waals surface area contributed by atoms with Gasteiger partial charge in [-0.2, -0.15) is 0 Å². The molecule has 0 aromatic heterocycles. The van der Waals surface area contributed by atoms with Crippen molar-refractivity contribution in [3.8, 4) is 17.2 Å². The second-order valence-corrected chi connectivity index (χ2v) is 7.89. The van der Waals surface area contributed by atoms with Crippen molar-refractivity contribution in [2.75, 3.05) is 7.11 Å². The summed E-state index contributed by atoms with van der Waals surface area (Å²) in [4.78, 5) is 34.3. The summed E-state index contributed by atoms with van der Waals surface area (Å²) in [6.45, 7) is 4.58. The molecule has 0 radical (unpaired) electrons. The predicted molar refractivity (Wildman–Crippen MR) is 127 cm³/mol. The third-order valence-electron chi connectivity index (χ3n) is 4.71. The van der Waals surface area contributed by atoms with Gasteiger partial charge in [-0.05, 0) is 55.0 Å². The highest BCUT2D eigenvalue weighted by molar-refractivity contribution is 5.75. The molecule has 0 bridgehead atoms. The van der Waals surface area contributed by atoms with Crippen molar-refractivity contribution < 1.29 is 28.7 Å². The zero-order valence-electron chi connectivity index (χ0n) is 19.6. The lowest BCUT2D eigenvalue weighted by Crippen LogP contribution is -2.22. The number of amides is 1. The lowest BCUT2D eigenvalue weighted by Gasteiger charge is -2.12. The Balaban J connectivity index is 1.82. The Bertz CT molecular complexity index is 1000. The topological polar surface area (TPSA) is 117 Å². The average molecular weight is 471 g/mol. The van der Waals surface area contributed by atoms with Crippen molar-refractivity contribution >= 4 is 17.7 Å². The minimum Gasteiger partial charge on any atom is -0.493 e. The molecule has 0 saturated carbocycles. The van der Waals surface area contributed by atoms with E-state index in [0.29, 0.717) is 24.6 Å². The highest BCUT2D eigenvalue weighted by atomic mass is 16.7. The number of ether oxygens (including phenoxy) is 3. The van der Waals surface area contributed by atoms with Gasteiger partial charge in [0, 0.05) is 25.1 Å². The zero-order valence-corrected chi connectivity index (χ0v) is 19.6. The van der Waals surface area contributed by atoms with Crippen molar-refractivity contribution in [1.29, 1.82) is 0 Å². The molecule has 2 rings (SSSR count). The van der Waals surface area contributed by atoms with Crippen molar-refractivity contribution in [1.82, 2.24) is 5.32 Å². The van der Waals surface area contributed by atoms with Crippen LogP contribution in [0.15, 0.2) is 54.6 Å². The summed E-state index contributed by atoms with van der Waals surface area (Å²) in [5.41, 5.74) is 0.657. The summed E-state index contributed by atoms with van der Waals surface area (Å²) in [5, 5.41) is 13.6. The molecular weight excluding hydrogens is 440 g/mol. The number of non-ortho nitro benzene ring substituents is 1. The molecule has 0 unspecified atom stereocenters. The van der Waals surface area contributed by atoms with Crippen molar-refractivity contribution in [3.63, 3.8) is 0 Å². The summed E-state index contributed by atoms with van der Waals surface area (Å²) in [6.07, 6.45) is 6.51. The fraction of sp³-hybridized carbons (Fsp3) is 0.360. The molecule has 0 heterocycles. The van der Waals surface area contributed by atoms with E-state index in [1.54, 1.807) is 18.2 Å². The third kappa shape index (κ3) is 9.32. The number of allylic oxidation sites excluding steroid dienone is 2. The zero-order chi connectivity index (χ0) is 24.9. The highest BCUT2D eigenvalue weighted by Crippen LogP contribution is 2.29. The standard InChI is InChI=1S/C25H30N2O7/c1-18(2)8-6-4-5-7-9-24(28)26-17-19-10-15-22(23(16-19)32-3)34-25(29)33-21-13-11-20(12-14-21)27(30)31/h6,8,10-16,18H,4-5,7,9,17H2,1-3H3,(H,26,28). The molecular formula is C25H30N2O7. The van der Waals surface area contributed by atoms with Gasteiger partial charge in [0.05, 0.1) is 12.0 Å². The summed E-state index contributed by atoms with van der Waals surface area (Å²) in [6, 6.07) is 9.93. The monoisotopic (exact) mass is 470 g/mol. The molecule has 0 saturated heterocycles. The first-order valence-corrected chi connectivity index (χ1v) is 11.0. The van der Waals surface area contributed by atoms with Crippen LogP contribution in [0, 0.1) is 16.0 Å². The molecule has 1 amide bonds. The fourth-order valence-electron chi connectivity index (χ4n) is 2.95. The molecule has 0 aliphatic carbocycles. The molecule has 0 aliphatic heterocycles. The minimum atomic E-state index is -1.02. The Labute approximate surface area is 198 Å². The molecule has 0 aliphatic rings. The van der Waals surface area contributed by atoms with Crippen LogP contribution in [-0.4, -0.2) is 24.1 Å². The quantitative estimate of drug-likeness (QED) is 0.108. The molecule has 1 N–H and O–H groups in total. The van der Waals surface area contributed by atoms with Crippen molar-refractivity contribution in [2.24, 2.45) is 5.92 Å². The maximum absolute atomic E-state index is 12.1. The van der Waals surface area contributed by atoms with Crippen LogP contribution in [0.25, 0.3) is 0 Å². The first-order valence-electron chi connectivity index (χ1n) is 11.0. The average Bonchev–Trinajstić information content (AvgIpc) is 2.80. The number of nitro benzene ring substituents is 1. The predicted octanol–water partition coefficient (Wildman–Crippen LogP) is 5.57. The SMILES string of the molecule is COc1cc(CNC(=O)CCCCC=CC(C)C)ccc1OC(=O)Oc1ccc([N+](=O)[O-])cc1. The second kappa shape index (κ2) is 13.6. The smallest absolute Gasteiger partial charge is 0.493 e. The van der Waals surface area contributed by atoms with Crippen molar-refractivity contribution in [3.05, 3.63) is 70.3 Å². The lowest BCUT2D eigenvalue weighted by atomic mass is 10.1. The van der Waals surface area contributed by atoms with E-state index in [1.807, 2.05) is 0 Å². The van der Waals surface area contributed by atoms with Gasteiger partial charge in [0.2, 0.25) is 5.91 Å². The molecule has 0 spiro atoms. The summed E-state index contributed by atoms with van der Waals surface area (Å²) in [7, 11) is 1.43. The van der Waals surface area contributed by atoms with Gasteiger partial charge in [0.15, 0.2) is 11.5 Å². The van der Waals surface area contributed by atoms with E-state index >= 15 is 0 Å². The number of benzene rings is 2. The Kier molecular flexibility index (Phi) is 10.6. The summed E-state index contributed by atoms with van der Waals surface area (Å²) < 4.78 is 15.5. The van der Waals surface area contributed by atoms with Gasteiger partial charge in [0.1, 0.15) is 5.75 Å². The number of nitrogens with zero attached hydrogens (tertiary/aromatic N) is 1. The van der Waals surface area contributed by atoms with Crippen LogP contribution in [0.1, 0.15) is 45.1 Å². The first-order chi connectivity index (χ1) is 16.3. The molecule has 2 aromatic rings. The number of carbonyl (C=O) groups is 2. The highest BCUT2D eigenvalue weighted by Gasteiger charge is 2.14. The molecule has 0 fully saturated rings. The van der Waals surface area contributed by atoms with Crippen LogP contribution >= 0.6 is 0 Å². The molecule has 34 heavy (non-hydrogen) atoms. The van der Waals surface area contributed by atoms with Crippen LogP contribution in [0.4, 0.5) is 10.5 Å². The molecule has 9 heteroatoms. The Morgan fingerprint density at radius 3 is 2.44 bits per heavy atom. The van der Waals surface area contributed by atoms with Gasteiger partial charge >= 0.3 is 6.16 Å². The Morgan fingerprint density at radius 2 is 1.79 bits per heavy atom. The van der Waals surface area contributed by atoms with Crippen molar-refractivity contribution in [2.45, 2.75) is 46.1 Å². The van der Waals surface area contributed by atoms with E-state index in [4.69, 9.17) is 14.2 Å². The molecule has 0 atom stereocenters. The largest absolute Gasteiger partial charge is 0.519 e. The maximum atomic E-state index is 12.1. The third-order valence-corrected chi connectivity index (χ3v) is 4.71. The minimum absolute atomic E-state index is 0.0289. The van der Waals surface area contributed by atoms with Gasteiger partial charge < -0.3 is 19.5 Å². The van der Waals surface area contributed by atoms with Gasteiger partial charge in [0.25, 0.3) is 5.69 Å². The Hall–Kier alpha value is -3.88. The second-order valence-electron chi connectivity index (χ2n) is 7.89. The number of hydrogen-bond donors (Lipinski definition) is 1. The summed E-state index contributed by atoms with van der Waals surface area (Å²) in [5.74, 6) is 1.05. The molecule has 9 nitrogen and oxygen atoms in total. The van der Waals surface area contributed by atoms with Gasteiger partial charge in [-0.15, -0.1) is 0 Å². The van der Waals surface area contributed by atoms with Crippen LogP contribution in [0.3, 0.4) is 0 Å². The van der Waals surface area contributed by atoms with Crippen LogP contribution in [0.2, 0.25) is 0 Å². The lowest BCUT2D eigenvalue weighted by molar-refractivity contribution is -0.384. The van der Waals surface area contributed by atoms with E-state index in [1.165, 1.54) is 31.4 Å².